The molecule has 0 amide bonds. The second kappa shape index (κ2) is 6.24. The van der Waals surface area contributed by atoms with Crippen LogP contribution in [0.3, 0.4) is 0 Å². The lowest BCUT2D eigenvalue weighted by Gasteiger charge is -2.09. The van der Waals surface area contributed by atoms with Gasteiger partial charge in [0.2, 0.25) is 11.8 Å². The Morgan fingerprint density at radius 1 is 1.38 bits per heavy atom. The Hall–Kier alpha value is -1.40. The van der Waals surface area contributed by atoms with Crippen LogP contribution in [0.1, 0.15) is 19.5 Å². The summed E-state index contributed by atoms with van der Waals surface area (Å²) in [4.78, 5) is 8.09. The van der Waals surface area contributed by atoms with Crippen molar-refractivity contribution in [2.75, 3.05) is 18.6 Å². The molecule has 6 heteroatoms. The van der Waals surface area contributed by atoms with Crippen molar-refractivity contribution in [3.8, 4) is 5.88 Å². The van der Waals surface area contributed by atoms with E-state index in [9.17, 15) is 0 Å². The minimum atomic E-state index is 0.206. The zero-order valence-electron chi connectivity index (χ0n) is 9.86. The number of nitrogens with zero attached hydrogens (tertiary/aromatic N) is 2. The van der Waals surface area contributed by atoms with Crippen LogP contribution in [0.15, 0.2) is 6.07 Å². The molecule has 1 heterocycles. The molecule has 0 aromatic carbocycles. The quantitative estimate of drug-likeness (QED) is 0.425. The Kier molecular flexibility index (Phi) is 4.94. The van der Waals surface area contributed by atoms with Crippen molar-refractivity contribution >= 4 is 5.95 Å². The van der Waals surface area contributed by atoms with Crippen LogP contribution in [0.5, 0.6) is 5.88 Å². The van der Waals surface area contributed by atoms with Crippen LogP contribution in [-0.2, 0) is 4.74 Å². The van der Waals surface area contributed by atoms with Gasteiger partial charge in [0.1, 0.15) is 6.61 Å². The monoisotopic (exact) mass is 226 g/mol. The molecule has 0 aliphatic carbocycles. The van der Waals surface area contributed by atoms with Gasteiger partial charge in [0.25, 0.3) is 0 Å². The molecule has 1 aromatic heterocycles. The summed E-state index contributed by atoms with van der Waals surface area (Å²) in [5, 5.41) is 0. The highest BCUT2D eigenvalue weighted by molar-refractivity contribution is 5.28. The third kappa shape index (κ3) is 4.41. The number of ether oxygens (including phenoxy) is 2. The molecule has 0 radical (unpaired) electrons. The maximum Gasteiger partial charge on any atom is 0.240 e. The van der Waals surface area contributed by atoms with Gasteiger partial charge in [0.05, 0.1) is 12.7 Å². The van der Waals surface area contributed by atoms with E-state index in [4.69, 9.17) is 15.3 Å². The van der Waals surface area contributed by atoms with Gasteiger partial charge in [-0.25, -0.2) is 10.8 Å². The molecule has 0 aliphatic heterocycles. The highest BCUT2D eigenvalue weighted by atomic mass is 16.5. The molecule has 6 nitrogen and oxygen atoms in total. The second-order valence-electron chi connectivity index (χ2n) is 3.58. The van der Waals surface area contributed by atoms with Gasteiger partial charge in [-0.2, -0.15) is 4.98 Å². The molecular weight excluding hydrogens is 208 g/mol. The standard InChI is InChI=1S/C10H18N4O2/c1-7(2)15-4-5-16-9-6-8(3)12-10(13-9)14-11/h6-7H,4-5,11H2,1-3H3,(H,12,13,14). The number of aromatic nitrogens is 2. The Morgan fingerprint density at radius 2 is 2.12 bits per heavy atom. The predicted octanol–water partition coefficient (Wildman–Crippen LogP) is 0.874. The van der Waals surface area contributed by atoms with Gasteiger partial charge in [0, 0.05) is 11.8 Å². The van der Waals surface area contributed by atoms with E-state index in [0.29, 0.717) is 25.0 Å². The first-order valence-corrected chi connectivity index (χ1v) is 5.18. The fourth-order valence-corrected chi connectivity index (χ4v) is 1.11. The Balaban J connectivity index is 2.44. The molecule has 0 atom stereocenters. The van der Waals surface area contributed by atoms with E-state index in [-0.39, 0.29) is 6.10 Å². The molecule has 3 N–H and O–H groups in total. The summed E-state index contributed by atoms with van der Waals surface area (Å²) in [7, 11) is 0. The highest BCUT2D eigenvalue weighted by Gasteiger charge is 2.02. The van der Waals surface area contributed by atoms with Crippen molar-refractivity contribution < 1.29 is 9.47 Å². The lowest BCUT2D eigenvalue weighted by Crippen LogP contribution is -2.14. The molecule has 16 heavy (non-hydrogen) atoms. The maximum atomic E-state index is 5.41. The van der Waals surface area contributed by atoms with E-state index in [2.05, 4.69) is 15.4 Å². The second-order valence-corrected chi connectivity index (χ2v) is 3.58. The molecular formula is C10H18N4O2. The molecule has 1 rings (SSSR count). The first-order valence-electron chi connectivity index (χ1n) is 5.18. The van der Waals surface area contributed by atoms with Gasteiger partial charge < -0.3 is 9.47 Å². The van der Waals surface area contributed by atoms with Crippen molar-refractivity contribution in [3.05, 3.63) is 11.8 Å². The predicted molar refractivity (Wildman–Crippen MR) is 61.2 cm³/mol. The van der Waals surface area contributed by atoms with Crippen LogP contribution >= 0.6 is 0 Å². The van der Waals surface area contributed by atoms with Gasteiger partial charge in [-0.05, 0) is 20.8 Å². The molecule has 1 aromatic rings. The molecule has 90 valence electrons. The Morgan fingerprint density at radius 3 is 2.75 bits per heavy atom. The van der Waals surface area contributed by atoms with E-state index in [1.165, 1.54) is 0 Å². The number of hydrogen-bond donors (Lipinski definition) is 2. The van der Waals surface area contributed by atoms with Crippen LogP contribution in [0.2, 0.25) is 0 Å². The summed E-state index contributed by atoms with van der Waals surface area (Å²) >= 11 is 0. The molecule has 0 aliphatic rings. The summed E-state index contributed by atoms with van der Waals surface area (Å²) in [6, 6.07) is 1.75. The van der Waals surface area contributed by atoms with Crippen molar-refractivity contribution in [2.45, 2.75) is 26.9 Å². The van der Waals surface area contributed by atoms with Gasteiger partial charge in [-0.3, -0.25) is 5.43 Å². The number of nitrogens with one attached hydrogen (secondary N) is 1. The third-order valence-electron chi connectivity index (χ3n) is 1.74. The largest absolute Gasteiger partial charge is 0.475 e. The zero-order valence-corrected chi connectivity index (χ0v) is 9.86. The number of nitrogen functional groups attached to an aromatic ring is 1. The Labute approximate surface area is 95.1 Å². The van der Waals surface area contributed by atoms with Crippen molar-refractivity contribution in [2.24, 2.45) is 5.84 Å². The Bertz CT molecular complexity index is 331. The van der Waals surface area contributed by atoms with E-state index < -0.39 is 0 Å². The molecule has 0 bridgehead atoms. The van der Waals surface area contributed by atoms with E-state index in [1.807, 2.05) is 20.8 Å². The lowest BCUT2D eigenvalue weighted by atomic mass is 10.4. The van der Waals surface area contributed by atoms with Gasteiger partial charge in [-0.15, -0.1) is 0 Å². The number of anilines is 1. The van der Waals surface area contributed by atoms with Gasteiger partial charge in [0.15, 0.2) is 0 Å². The molecule has 0 unspecified atom stereocenters. The minimum Gasteiger partial charge on any atom is -0.475 e. The SMILES string of the molecule is Cc1cc(OCCOC(C)C)nc(NN)n1. The van der Waals surface area contributed by atoms with E-state index >= 15 is 0 Å². The average molecular weight is 226 g/mol. The van der Waals surface area contributed by atoms with Gasteiger partial charge in [-0.1, -0.05) is 0 Å². The van der Waals surface area contributed by atoms with Crippen LogP contribution in [0, 0.1) is 6.92 Å². The molecule has 0 saturated heterocycles. The summed E-state index contributed by atoms with van der Waals surface area (Å²) in [5.41, 5.74) is 3.18. The third-order valence-corrected chi connectivity index (χ3v) is 1.74. The van der Waals surface area contributed by atoms with Crippen LogP contribution in [0.25, 0.3) is 0 Å². The van der Waals surface area contributed by atoms with Crippen LogP contribution in [-0.4, -0.2) is 29.3 Å². The maximum absolute atomic E-state index is 5.41. The smallest absolute Gasteiger partial charge is 0.240 e. The number of hydrogen-bond acceptors (Lipinski definition) is 6. The van der Waals surface area contributed by atoms with E-state index in [1.54, 1.807) is 6.07 Å². The summed E-state index contributed by atoms with van der Waals surface area (Å²) < 4.78 is 10.7. The minimum absolute atomic E-state index is 0.206. The average Bonchev–Trinajstić information content (AvgIpc) is 2.23. The molecule has 0 saturated carbocycles. The van der Waals surface area contributed by atoms with Crippen LogP contribution in [0.4, 0.5) is 5.95 Å². The van der Waals surface area contributed by atoms with E-state index in [0.717, 1.165) is 5.69 Å². The van der Waals surface area contributed by atoms with Crippen molar-refractivity contribution in [3.63, 3.8) is 0 Å². The molecule has 0 fully saturated rings. The number of nitrogens with two attached hydrogens (primary N) is 1. The number of rotatable bonds is 6. The lowest BCUT2D eigenvalue weighted by molar-refractivity contribution is 0.0542. The number of aryl methyl sites for hydroxylation is 1. The van der Waals surface area contributed by atoms with Crippen LogP contribution < -0.4 is 16.0 Å². The topological polar surface area (TPSA) is 82.3 Å². The van der Waals surface area contributed by atoms with Gasteiger partial charge >= 0.3 is 0 Å². The first-order chi connectivity index (χ1) is 7.61. The zero-order chi connectivity index (χ0) is 12.0. The molecule has 0 spiro atoms. The fraction of sp³-hybridized carbons (Fsp3) is 0.600. The highest BCUT2D eigenvalue weighted by Crippen LogP contribution is 2.10. The summed E-state index contributed by atoms with van der Waals surface area (Å²) in [5.74, 6) is 6.07. The summed E-state index contributed by atoms with van der Waals surface area (Å²) in [6.45, 7) is 6.79. The fourth-order valence-electron chi connectivity index (χ4n) is 1.11. The number of hydrazine groups is 1. The normalized spacial score (nSPS) is 10.6. The van der Waals surface area contributed by atoms with Crippen molar-refractivity contribution in [1.82, 2.24) is 9.97 Å². The summed E-state index contributed by atoms with van der Waals surface area (Å²) in [6.07, 6.45) is 0.206. The van der Waals surface area contributed by atoms with Crippen molar-refractivity contribution in [1.29, 1.82) is 0 Å². The first kappa shape index (κ1) is 12.7.